The predicted molar refractivity (Wildman–Crippen MR) is 108 cm³/mol. The molecule has 1 heterocycles. The Morgan fingerprint density at radius 3 is 2.48 bits per heavy atom. The number of H-pyrrole nitrogens is 1. The van der Waals surface area contributed by atoms with E-state index in [4.69, 9.17) is 0 Å². The zero-order chi connectivity index (χ0) is 21.2. The summed E-state index contributed by atoms with van der Waals surface area (Å²) in [4.78, 5) is 14.7. The largest absolute Gasteiger partial charge is 0.370 e. The highest BCUT2D eigenvalue weighted by Crippen LogP contribution is 2.31. The van der Waals surface area contributed by atoms with Crippen LogP contribution in [0.4, 0.5) is 17.1 Å². The van der Waals surface area contributed by atoms with Crippen LogP contribution in [0, 0.1) is 24.0 Å². The van der Waals surface area contributed by atoms with E-state index in [1.807, 2.05) is 13.0 Å². The molecule has 10 nitrogen and oxygen atoms in total. The number of nitrogens with one attached hydrogen (secondary N) is 3. The number of aryl methyl sites for hydroxylation is 2. The number of hydrogen-bond donors (Lipinski definition) is 3. The minimum absolute atomic E-state index is 0.171. The first-order valence-electron chi connectivity index (χ1n) is 8.67. The fourth-order valence-electron chi connectivity index (χ4n) is 2.81. The van der Waals surface area contributed by atoms with Gasteiger partial charge in [0.1, 0.15) is 17.8 Å². The number of sulfonamides is 1. The molecule has 1 aromatic heterocycles. The van der Waals surface area contributed by atoms with E-state index in [9.17, 15) is 18.5 Å². The molecule has 3 rings (SSSR count). The SMILES string of the molecule is Cc1ccc(NS(=O)(=O)c2ccc(N[C@@H](C)c3ncn[nH]3)c([N+](=O)[O-])c2)c(C)c1. The minimum Gasteiger partial charge on any atom is -0.370 e. The molecule has 3 aromatic rings. The fourth-order valence-corrected chi connectivity index (χ4v) is 3.96. The van der Waals surface area contributed by atoms with Crippen LogP contribution in [0.5, 0.6) is 0 Å². The van der Waals surface area contributed by atoms with Gasteiger partial charge in [-0.1, -0.05) is 17.7 Å². The number of aromatic amines is 1. The van der Waals surface area contributed by atoms with E-state index in [2.05, 4.69) is 25.2 Å². The molecule has 0 saturated carbocycles. The lowest BCUT2D eigenvalue weighted by atomic mass is 10.1. The molecule has 152 valence electrons. The number of aromatic nitrogens is 3. The predicted octanol–water partition coefficient (Wildman–Crippen LogP) is 3.30. The lowest BCUT2D eigenvalue weighted by Gasteiger charge is -2.14. The summed E-state index contributed by atoms with van der Waals surface area (Å²) in [5, 5.41) is 20.9. The molecule has 0 aliphatic heterocycles. The maximum Gasteiger partial charge on any atom is 0.293 e. The number of nitro benzene ring substituents is 1. The van der Waals surface area contributed by atoms with Crippen molar-refractivity contribution in [2.24, 2.45) is 0 Å². The summed E-state index contributed by atoms with van der Waals surface area (Å²) in [5.74, 6) is 0.493. The van der Waals surface area contributed by atoms with Crippen LogP contribution < -0.4 is 10.0 Å². The molecule has 0 unspecified atom stereocenters. The van der Waals surface area contributed by atoms with Crippen molar-refractivity contribution >= 4 is 27.1 Å². The van der Waals surface area contributed by atoms with Crippen LogP contribution in [0.3, 0.4) is 0 Å². The first-order chi connectivity index (χ1) is 13.7. The number of hydrogen-bond acceptors (Lipinski definition) is 7. The van der Waals surface area contributed by atoms with E-state index in [0.717, 1.165) is 17.2 Å². The molecule has 11 heteroatoms. The van der Waals surface area contributed by atoms with E-state index in [1.165, 1.54) is 18.5 Å². The summed E-state index contributed by atoms with van der Waals surface area (Å²) in [5.41, 5.74) is 1.98. The molecule has 0 saturated heterocycles. The Bertz CT molecular complexity index is 1150. The molecular weight excluding hydrogens is 396 g/mol. The first-order valence-corrected chi connectivity index (χ1v) is 10.2. The summed E-state index contributed by atoms with van der Waals surface area (Å²) in [6, 6.07) is 8.60. The monoisotopic (exact) mass is 416 g/mol. The molecular formula is C18H20N6O4S. The van der Waals surface area contributed by atoms with Crippen LogP contribution >= 0.6 is 0 Å². The third-order valence-electron chi connectivity index (χ3n) is 4.32. The van der Waals surface area contributed by atoms with Gasteiger partial charge in [0.15, 0.2) is 0 Å². The summed E-state index contributed by atoms with van der Waals surface area (Å²) in [7, 11) is -4.00. The van der Waals surface area contributed by atoms with Crippen LogP contribution in [0.25, 0.3) is 0 Å². The molecule has 0 fully saturated rings. The maximum absolute atomic E-state index is 12.8. The van der Waals surface area contributed by atoms with Gasteiger partial charge in [0.05, 0.1) is 21.5 Å². The fraction of sp³-hybridized carbons (Fsp3) is 0.222. The molecule has 3 N–H and O–H groups in total. The standard InChI is InChI=1S/C18H20N6O4S/c1-11-4-6-15(12(2)8-11)23-29(27,28)14-5-7-16(17(9-14)24(25)26)21-13(3)18-19-10-20-22-18/h4-10,13,21,23H,1-3H3,(H,19,20,22)/t13-/m0/s1. The molecule has 0 spiro atoms. The van der Waals surface area contributed by atoms with Gasteiger partial charge in [-0.05, 0) is 44.5 Å². The Morgan fingerprint density at radius 1 is 1.14 bits per heavy atom. The van der Waals surface area contributed by atoms with Gasteiger partial charge >= 0.3 is 0 Å². The Hall–Kier alpha value is -3.47. The summed E-state index contributed by atoms with van der Waals surface area (Å²) in [6.45, 7) is 5.43. The molecule has 0 aliphatic carbocycles. The van der Waals surface area contributed by atoms with Gasteiger partial charge in [-0.25, -0.2) is 13.4 Å². The number of benzene rings is 2. The van der Waals surface area contributed by atoms with E-state index in [0.29, 0.717) is 11.5 Å². The van der Waals surface area contributed by atoms with Crippen LogP contribution in [0.15, 0.2) is 47.6 Å². The molecule has 0 aliphatic rings. The average Bonchev–Trinajstić information content (AvgIpc) is 3.19. The maximum atomic E-state index is 12.8. The molecule has 0 radical (unpaired) electrons. The van der Waals surface area contributed by atoms with E-state index in [-0.39, 0.29) is 16.3 Å². The van der Waals surface area contributed by atoms with Crippen molar-refractivity contribution in [2.45, 2.75) is 31.7 Å². The van der Waals surface area contributed by atoms with Crippen LogP contribution in [0.2, 0.25) is 0 Å². The van der Waals surface area contributed by atoms with Gasteiger partial charge < -0.3 is 5.32 Å². The van der Waals surface area contributed by atoms with Gasteiger partial charge in [0.2, 0.25) is 0 Å². The summed E-state index contributed by atoms with van der Waals surface area (Å²) < 4.78 is 28.0. The zero-order valence-electron chi connectivity index (χ0n) is 16.0. The molecule has 1 atom stereocenters. The molecule has 29 heavy (non-hydrogen) atoms. The summed E-state index contributed by atoms with van der Waals surface area (Å²) >= 11 is 0. The molecule has 2 aromatic carbocycles. The quantitative estimate of drug-likeness (QED) is 0.396. The van der Waals surface area contributed by atoms with Crippen molar-refractivity contribution in [3.8, 4) is 0 Å². The van der Waals surface area contributed by atoms with E-state index < -0.39 is 21.0 Å². The Morgan fingerprint density at radius 2 is 1.86 bits per heavy atom. The van der Waals surface area contributed by atoms with Gasteiger partial charge in [-0.15, -0.1) is 0 Å². The molecule has 0 bridgehead atoms. The van der Waals surface area contributed by atoms with Crippen molar-refractivity contribution in [1.82, 2.24) is 15.2 Å². The van der Waals surface area contributed by atoms with Crippen molar-refractivity contribution in [3.63, 3.8) is 0 Å². The zero-order valence-corrected chi connectivity index (χ0v) is 16.8. The van der Waals surface area contributed by atoms with Gasteiger partial charge in [-0.3, -0.25) is 19.9 Å². The average molecular weight is 416 g/mol. The lowest BCUT2D eigenvalue weighted by molar-refractivity contribution is -0.384. The second-order valence-corrected chi connectivity index (χ2v) is 8.28. The van der Waals surface area contributed by atoms with Gasteiger partial charge in [-0.2, -0.15) is 5.10 Å². The number of nitrogens with zero attached hydrogens (tertiary/aromatic N) is 3. The number of rotatable bonds is 7. The minimum atomic E-state index is -4.00. The van der Waals surface area contributed by atoms with Crippen LogP contribution in [-0.2, 0) is 10.0 Å². The summed E-state index contributed by atoms with van der Waals surface area (Å²) in [6.07, 6.45) is 1.33. The third kappa shape index (κ3) is 4.51. The highest BCUT2D eigenvalue weighted by molar-refractivity contribution is 7.92. The number of anilines is 2. The first kappa shape index (κ1) is 20.3. The van der Waals surface area contributed by atoms with Crippen molar-refractivity contribution in [3.05, 3.63) is 69.8 Å². The lowest BCUT2D eigenvalue weighted by Crippen LogP contribution is -2.15. The highest BCUT2D eigenvalue weighted by atomic mass is 32.2. The topological polar surface area (TPSA) is 143 Å². The highest BCUT2D eigenvalue weighted by Gasteiger charge is 2.23. The Kier molecular flexibility index (Phi) is 5.50. The van der Waals surface area contributed by atoms with Gasteiger partial charge in [0, 0.05) is 6.07 Å². The third-order valence-corrected chi connectivity index (χ3v) is 5.68. The normalized spacial score (nSPS) is 12.4. The van der Waals surface area contributed by atoms with Crippen molar-refractivity contribution in [2.75, 3.05) is 10.0 Å². The Labute approximate surface area is 167 Å². The van der Waals surface area contributed by atoms with Crippen LogP contribution in [-0.4, -0.2) is 28.5 Å². The molecule has 0 amide bonds. The second-order valence-electron chi connectivity index (χ2n) is 6.60. The van der Waals surface area contributed by atoms with Crippen LogP contribution in [0.1, 0.15) is 29.9 Å². The smallest absolute Gasteiger partial charge is 0.293 e. The van der Waals surface area contributed by atoms with Gasteiger partial charge in [0.25, 0.3) is 15.7 Å². The second kappa shape index (κ2) is 7.87. The van der Waals surface area contributed by atoms with E-state index in [1.54, 1.807) is 26.0 Å². The van der Waals surface area contributed by atoms with Crippen molar-refractivity contribution in [1.29, 1.82) is 0 Å². The Balaban J connectivity index is 1.91. The van der Waals surface area contributed by atoms with Crippen molar-refractivity contribution < 1.29 is 13.3 Å². The van der Waals surface area contributed by atoms with E-state index >= 15 is 0 Å². The number of nitro groups is 1.